The van der Waals surface area contributed by atoms with E-state index in [1.165, 1.54) is 7.11 Å². The quantitative estimate of drug-likeness (QED) is 0.537. The number of hydrogen-bond acceptors (Lipinski definition) is 8. The molecule has 3 heterocycles. The van der Waals surface area contributed by atoms with E-state index in [1.807, 2.05) is 30.3 Å². The number of imidazole rings is 1. The Labute approximate surface area is 154 Å². The highest BCUT2D eigenvalue weighted by Gasteiger charge is 2.10. The molecule has 0 spiro atoms. The van der Waals surface area contributed by atoms with Crippen LogP contribution in [-0.4, -0.2) is 44.1 Å². The summed E-state index contributed by atoms with van der Waals surface area (Å²) in [5, 5.41) is 3.15. The van der Waals surface area contributed by atoms with Crippen LogP contribution in [0.3, 0.4) is 0 Å². The summed E-state index contributed by atoms with van der Waals surface area (Å²) in [6.07, 6.45) is 1.64. The van der Waals surface area contributed by atoms with Gasteiger partial charge in [0.1, 0.15) is 5.82 Å². The van der Waals surface area contributed by atoms with Gasteiger partial charge in [-0.05, 0) is 18.2 Å². The number of hydrogen-bond donors (Lipinski definition) is 2. The van der Waals surface area contributed by atoms with Gasteiger partial charge >= 0.3 is 6.01 Å². The molecular formula is C18H17N7O2. The molecule has 0 amide bonds. The second-order valence-corrected chi connectivity index (χ2v) is 5.61. The molecule has 4 aromatic rings. The third-order valence-electron chi connectivity index (χ3n) is 3.85. The van der Waals surface area contributed by atoms with Crippen LogP contribution in [-0.2, 0) is 6.54 Å². The summed E-state index contributed by atoms with van der Waals surface area (Å²) in [7, 11) is 3.07. The average molecular weight is 363 g/mol. The van der Waals surface area contributed by atoms with Gasteiger partial charge < -0.3 is 19.8 Å². The molecule has 27 heavy (non-hydrogen) atoms. The van der Waals surface area contributed by atoms with E-state index < -0.39 is 0 Å². The maximum atomic E-state index is 5.19. The highest BCUT2D eigenvalue weighted by Crippen LogP contribution is 2.20. The summed E-state index contributed by atoms with van der Waals surface area (Å²) in [4.78, 5) is 24.9. The van der Waals surface area contributed by atoms with Crippen molar-refractivity contribution < 1.29 is 9.47 Å². The van der Waals surface area contributed by atoms with Crippen LogP contribution in [0, 0.1) is 0 Å². The lowest BCUT2D eigenvalue weighted by Gasteiger charge is -2.07. The van der Waals surface area contributed by atoms with Gasteiger partial charge in [-0.25, -0.2) is 9.97 Å². The number of methoxy groups -OCH3 is 2. The highest BCUT2D eigenvalue weighted by atomic mass is 16.5. The Morgan fingerprint density at radius 2 is 1.85 bits per heavy atom. The van der Waals surface area contributed by atoms with Crippen LogP contribution in [0.5, 0.6) is 11.9 Å². The van der Waals surface area contributed by atoms with Gasteiger partial charge in [-0.2, -0.15) is 15.0 Å². The third kappa shape index (κ3) is 3.61. The van der Waals surface area contributed by atoms with Crippen molar-refractivity contribution >= 4 is 17.0 Å². The van der Waals surface area contributed by atoms with Crippen molar-refractivity contribution in [2.75, 3.05) is 19.5 Å². The second kappa shape index (κ2) is 7.24. The lowest BCUT2D eigenvalue weighted by Crippen LogP contribution is -2.08. The number of benzene rings is 1. The molecule has 0 unspecified atom stereocenters. The minimum atomic E-state index is 0.211. The van der Waals surface area contributed by atoms with E-state index >= 15 is 0 Å². The second-order valence-electron chi connectivity index (χ2n) is 5.61. The fourth-order valence-electron chi connectivity index (χ4n) is 2.54. The van der Waals surface area contributed by atoms with Gasteiger partial charge in [-0.3, -0.25) is 0 Å². The molecule has 0 fully saturated rings. The summed E-state index contributed by atoms with van der Waals surface area (Å²) in [5.41, 5.74) is 2.61. The Hall–Kier alpha value is -3.75. The maximum Gasteiger partial charge on any atom is 0.321 e. The topological polar surface area (TPSA) is 111 Å². The first kappa shape index (κ1) is 16.7. The first-order valence-electron chi connectivity index (χ1n) is 8.23. The number of rotatable bonds is 6. The van der Waals surface area contributed by atoms with E-state index in [0.29, 0.717) is 24.2 Å². The Balaban J connectivity index is 1.57. The predicted octanol–water partition coefficient (Wildman–Crippen LogP) is 2.44. The molecule has 0 saturated carbocycles. The molecule has 0 aliphatic carbocycles. The normalized spacial score (nSPS) is 10.7. The zero-order valence-electron chi connectivity index (χ0n) is 14.8. The summed E-state index contributed by atoms with van der Waals surface area (Å²) in [6, 6.07) is 11.6. The Kier molecular flexibility index (Phi) is 4.48. The van der Waals surface area contributed by atoms with Gasteiger partial charge in [0.05, 0.1) is 31.8 Å². The summed E-state index contributed by atoms with van der Waals surface area (Å²) in [6.45, 7) is 0.433. The van der Waals surface area contributed by atoms with Crippen molar-refractivity contribution in [3.8, 4) is 23.3 Å². The molecule has 1 aromatic carbocycles. The summed E-state index contributed by atoms with van der Waals surface area (Å²) in [5.74, 6) is 2.13. The largest absolute Gasteiger partial charge is 0.481 e. The Morgan fingerprint density at radius 1 is 0.963 bits per heavy atom. The van der Waals surface area contributed by atoms with Crippen molar-refractivity contribution in [2.45, 2.75) is 6.54 Å². The van der Waals surface area contributed by atoms with Crippen LogP contribution < -0.4 is 14.8 Å². The fraction of sp³-hybridized carbons (Fsp3) is 0.167. The van der Waals surface area contributed by atoms with Crippen molar-refractivity contribution in [1.82, 2.24) is 29.9 Å². The van der Waals surface area contributed by atoms with Crippen LogP contribution in [0.25, 0.3) is 22.4 Å². The minimum absolute atomic E-state index is 0.211. The molecule has 9 nitrogen and oxygen atoms in total. The van der Waals surface area contributed by atoms with Crippen molar-refractivity contribution in [2.24, 2.45) is 0 Å². The lowest BCUT2D eigenvalue weighted by molar-refractivity contribution is 0.379. The molecule has 4 rings (SSSR count). The van der Waals surface area contributed by atoms with Gasteiger partial charge in [0.25, 0.3) is 0 Å². The number of nitrogens with zero attached hydrogens (tertiary/aromatic N) is 5. The number of H-pyrrole nitrogens is 1. The summed E-state index contributed by atoms with van der Waals surface area (Å²) >= 11 is 0. The monoisotopic (exact) mass is 363 g/mol. The number of pyridine rings is 1. The number of anilines is 1. The van der Waals surface area contributed by atoms with E-state index in [9.17, 15) is 0 Å². The fourth-order valence-corrected chi connectivity index (χ4v) is 2.54. The van der Waals surface area contributed by atoms with Crippen LogP contribution >= 0.6 is 0 Å². The first-order chi connectivity index (χ1) is 13.2. The Morgan fingerprint density at radius 3 is 2.59 bits per heavy atom. The number of para-hydroxylation sites is 2. The average Bonchev–Trinajstić information content (AvgIpc) is 3.15. The molecule has 9 heteroatoms. The highest BCUT2D eigenvalue weighted by molar-refractivity contribution is 5.74. The van der Waals surface area contributed by atoms with Crippen LogP contribution in [0.1, 0.15) is 5.82 Å². The van der Waals surface area contributed by atoms with E-state index in [0.717, 1.165) is 22.4 Å². The zero-order valence-corrected chi connectivity index (χ0v) is 14.8. The SMILES string of the molecule is COc1ccc(-c2nc(NCc3nc4ccccc4[nH]3)nc(OC)n2)cn1. The molecule has 0 saturated heterocycles. The smallest absolute Gasteiger partial charge is 0.321 e. The van der Waals surface area contributed by atoms with Gasteiger partial charge in [0.15, 0.2) is 5.82 Å². The third-order valence-corrected chi connectivity index (χ3v) is 3.85. The van der Waals surface area contributed by atoms with Crippen LogP contribution in [0.2, 0.25) is 0 Å². The lowest BCUT2D eigenvalue weighted by atomic mass is 10.3. The summed E-state index contributed by atoms with van der Waals surface area (Å²) < 4.78 is 10.3. The van der Waals surface area contributed by atoms with Crippen molar-refractivity contribution in [3.05, 3.63) is 48.4 Å². The molecule has 136 valence electrons. The number of ether oxygens (including phenoxy) is 2. The van der Waals surface area contributed by atoms with E-state index in [2.05, 4.69) is 35.2 Å². The first-order valence-corrected chi connectivity index (χ1v) is 8.23. The molecule has 0 radical (unpaired) electrons. The van der Waals surface area contributed by atoms with Crippen LogP contribution in [0.15, 0.2) is 42.6 Å². The molecular weight excluding hydrogens is 346 g/mol. The number of fused-ring (bicyclic) bond motifs is 1. The molecule has 0 bridgehead atoms. The van der Waals surface area contributed by atoms with Gasteiger partial charge in [-0.15, -0.1) is 0 Å². The van der Waals surface area contributed by atoms with Crippen molar-refractivity contribution in [3.63, 3.8) is 0 Å². The predicted molar refractivity (Wildman–Crippen MR) is 99.6 cm³/mol. The molecule has 3 aromatic heterocycles. The van der Waals surface area contributed by atoms with E-state index in [1.54, 1.807) is 19.4 Å². The molecule has 0 aliphatic heterocycles. The van der Waals surface area contributed by atoms with Gasteiger partial charge in [-0.1, -0.05) is 12.1 Å². The number of aromatic amines is 1. The Bertz CT molecular complexity index is 1030. The molecule has 2 N–H and O–H groups in total. The van der Waals surface area contributed by atoms with Gasteiger partial charge in [0, 0.05) is 17.8 Å². The molecule has 0 aliphatic rings. The van der Waals surface area contributed by atoms with Crippen LogP contribution in [0.4, 0.5) is 5.95 Å². The van der Waals surface area contributed by atoms with Crippen molar-refractivity contribution in [1.29, 1.82) is 0 Å². The zero-order chi connectivity index (χ0) is 18.6. The van der Waals surface area contributed by atoms with E-state index in [-0.39, 0.29) is 6.01 Å². The van der Waals surface area contributed by atoms with Gasteiger partial charge in [0.2, 0.25) is 11.8 Å². The standard InChI is InChI=1S/C18H17N7O2/c1-26-15-8-7-11(9-19-15)16-23-17(25-18(24-16)27-2)20-10-14-21-12-5-3-4-6-13(12)22-14/h3-9H,10H2,1-2H3,(H,21,22)(H,20,23,24,25). The number of nitrogens with one attached hydrogen (secondary N) is 2. The maximum absolute atomic E-state index is 5.19. The van der Waals surface area contributed by atoms with E-state index in [4.69, 9.17) is 9.47 Å². The number of aromatic nitrogens is 6. The minimum Gasteiger partial charge on any atom is -0.481 e. The molecule has 0 atom stereocenters.